The van der Waals surface area contributed by atoms with E-state index in [1.165, 1.54) is 0 Å². The molecular formula is C32H18N8O2Ti. The molecule has 3 aromatic heterocycles. The molecule has 7 aromatic rings. The molecule has 0 saturated carbocycles. The Bertz CT molecular complexity index is 2060. The minimum atomic E-state index is 0. The first kappa shape index (κ1) is 26.6. The number of hydrogen-bond donors (Lipinski definition) is 0. The van der Waals surface area contributed by atoms with Gasteiger partial charge in [0.05, 0.1) is 23.3 Å². The molecule has 2 aliphatic heterocycles. The molecule has 0 unspecified atom stereocenters. The third-order valence-corrected chi connectivity index (χ3v) is 7.33. The summed E-state index contributed by atoms with van der Waals surface area (Å²) in [5.41, 5.74) is 5.78. The van der Waals surface area contributed by atoms with Crippen molar-refractivity contribution in [2.45, 2.75) is 0 Å². The number of benzene rings is 4. The van der Waals surface area contributed by atoms with E-state index in [1.54, 1.807) is 0 Å². The molecule has 0 saturated heterocycles. The van der Waals surface area contributed by atoms with Crippen molar-refractivity contribution in [3.63, 3.8) is 0 Å². The number of nitrogens with zero attached hydrogens (tertiary/aromatic N) is 8. The normalized spacial score (nSPS) is 11.3. The minimum Gasteiger partial charge on any atom is -0.357 e. The molecule has 0 atom stereocenters. The molecule has 0 fully saturated rings. The van der Waals surface area contributed by atoms with Crippen LogP contribution in [0.4, 0.5) is 0 Å². The molecule has 2 N–H and O–H groups in total. The fourth-order valence-electron chi connectivity index (χ4n) is 5.46. The van der Waals surface area contributed by atoms with Crippen molar-refractivity contribution in [1.29, 1.82) is 0 Å². The second-order valence-electron chi connectivity index (χ2n) is 9.67. The van der Waals surface area contributed by atoms with Crippen molar-refractivity contribution in [1.82, 2.24) is 39.9 Å². The summed E-state index contributed by atoms with van der Waals surface area (Å²) in [7, 11) is 0. The summed E-state index contributed by atoms with van der Waals surface area (Å²) in [6, 6.07) is 31.8. The van der Waals surface area contributed by atoms with Gasteiger partial charge in [0.1, 0.15) is 0 Å². The molecule has 4 aromatic carbocycles. The van der Waals surface area contributed by atoms with Crippen molar-refractivity contribution >= 4 is 44.1 Å². The van der Waals surface area contributed by atoms with Crippen LogP contribution in [-0.4, -0.2) is 35.4 Å². The minimum absolute atomic E-state index is 0. The summed E-state index contributed by atoms with van der Waals surface area (Å²) in [6.07, 6.45) is 0. The van der Waals surface area contributed by atoms with Crippen molar-refractivity contribution < 1.29 is 29.2 Å². The third kappa shape index (κ3) is 4.19. The number of aromatic nitrogens is 8. The van der Waals surface area contributed by atoms with E-state index in [0.29, 0.717) is 45.9 Å². The summed E-state index contributed by atoms with van der Waals surface area (Å²) in [5.74, 6) is 2.21. The molecule has 10 nitrogen and oxygen atoms in total. The van der Waals surface area contributed by atoms with Gasteiger partial charge >= 0.3 is 23.7 Å². The van der Waals surface area contributed by atoms with E-state index in [1.807, 2.05) is 97.1 Å². The Morgan fingerprint density at radius 1 is 0.372 bits per heavy atom. The predicted octanol–water partition coefficient (Wildman–Crippen LogP) is 5.18. The average Bonchev–Trinajstić information content (AvgIpc) is 3.78. The summed E-state index contributed by atoms with van der Waals surface area (Å²) < 4.78 is 8.25. The molecule has 9 rings (SSSR count). The molecule has 0 spiro atoms. The van der Waals surface area contributed by atoms with E-state index in [4.69, 9.17) is 43.2 Å². The zero-order chi connectivity index (χ0) is 28.2. The Morgan fingerprint density at radius 2 is 0.605 bits per heavy atom. The Morgan fingerprint density at radius 3 is 0.860 bits per heavy atom. The molecule has 5 heterocycles. The number of fused-ring (bicyclic) bond motifs is 20. The largest absolute Gasteiger partial charge is 0.357 e. The zero-order valence-electron chi connectivity index (χ0n) is 22.2. The van der Waals surface area contributed by atoms with Gasteiger partial charge in [0.2, 0.25) is 0 Å². The predicted molar refractivity (Wildman–Crippen MR) is 158 cm³/mol. The van der Waals surface area contributed by atoms with Gasteiger partial charge in [0, 0.05) is 44.8 Å². The van der Waals surface area contributed by atoms with Crippen molar-refractivity contribution in [3.05, 3.63) is 97.1 Å². The molecule has 2 aliphatic rings. The fourth-order valence-corrected chi connectivity index (χ4v) is 5.46. The van der Waals surface area contributed by atoms with Crippen molar-refractivity contribution in [2.24, 2.45) is 0 Å². The second-order valence-corrected chi connectivity index (χ2v) is 9.67. The third-order valence-electron chi connectivity index (χ3n) is 7.33. The van der Waals surface area contributed by atoms with Crippen LogP contribution in [0.15, 0.2) is 97.1 Å². The Hall–Kier alpha value is -5.29. The first-order valence-corrected chi connectivity index (χ1v) is 13.7. The van der Waals surface area contributed by atoms with E-state index in [2.05, 4.69) is 0 Å². The van der Waals surface area contributed by atoms with Crippen LogP contribution in [0.5, 0.6) is 0 Å². The maximum absolute atomic E-state index is 8.25. The van der Waals surface area contributed by atoms with Crippen molar-refractivity contribution in [3.8, 4) is 45.6 Å². The first-order chi connectivity index (χ1) is 20.8. The van der Waals surface area contributed by atoms with Crippen LogP contribution in [-0.2, 0) is 23.7 Å². The van der Waals surface area contributed by atoms with E-state index < -0.39 is 0 Å². The summed E-state index contributed by atoms with van der Waals surface area (Å²) >= 11 is 0.750. The molecule has 0 radical (unpaired) electrons. The van der Waals surface area contributed by atoms with E-state index in [0.717, 1.165) is 64.2 Å². The summed E-state index contributed by atoms with van der Waals surface area (Å²) in [5, 5.41) is 3.57. The van der Waals surface area contributed by atoms with Crippen LogP contribution in [0.2, 0.25) is 0 Å². The first-order valence-electron chi connectivity index (χ1n) is 13.1. The van der Waals surface area contributed by atoms with Gasteiger partial charge in [-0.3, -0.25) is 0 Å². The SMILES string of the molecule is O.[O]=[Ti+2].c1ccc2c(c1)-c1nc-2nc2[n-]c(nc3nc(nc4[n-]c(n1)c1ccccc41)-c1ccccc1-3)c1ccccc21. The van der Waals surface area contributed by atoms with Crippen LogP contribution in [0.3, 0.4) is 0 Å². The molecular weight excluding hydrogens is 576 g/mol. The van der Waals surface area contributed by atoms with Gasteiger partial charge in [-0.2, -0.15) is 0 Å². The average molecular weight is 594 g/mol. The van der Waals surface area contributed by atoms with E-state index >= 15 is 0 Å². The maximum Gasteiger partial charge on any atom is 0.0927 e. The molecule has 43 heavy (non-hydrogen) atoms. The molecule has 202 valence electrons. The molecule has 0 amide bonds. The number of rotatable bonds is 0. The Balaban J connectivity index is 0.000000981. The van der Waals surface area contributed by atoms with Gasteiger partial charge in [-0.05, 0) is 21.5 Å². The van der Waals surface area contributed by atoms with Gasteiger partial charge in [-0.15, -0.1) is 0 Å². The summed E-state index contributed by atoms with van der Waals surface area (Å²) in [6.45, 7) is 0. The van der Waals surface area contributed by atoms with Gasteiger partial charge < -0.3 is 35.4 Å². The van der Waals surface area contributed by atoms with Crippen LogP contribution in [0.25, 0.3) is 89.7 Å². The topological polar surface area (TPSA) is 154 Å². The number of hydrogen-bond acceptors (Lipinski definition) is 7. The molecule has 0 aliphatic carbocycles. The monoisotopic (exact) mass is 594 g/mol. The van der Waals surface area contributed by atoms with Crippen LogP contribution in [0, 0.1) is 0 Å². The zero-order valence-corrected chi connectivity index (χ0v) is 23.8. The standard InChI is InChI=1S/C32H16N8.H2O.O.Ti/c1-2-10-18-17(9-1)25-33-26(18)38-28-21-13-5-6-14-22(21)30(35-28)40-32-24-16-8-7-15-23(24)31(36-32)39-29-20-12-4-3-11-19(20)27(34-29)37-25;;;/h1-16H;1H2;;/q-2;;;+2. The van der Waals surface area contributed by atoms with E-state index in [-0.39, 0.29) is 5.48 Å². The Labute approximate surface area is 255 Å². The van der Waals surface area contributed by atoms with Gasteiger partial charge in [-0.1, -0.05) is 97.1 Å². The van der Waals surface area contributed by atoms with E-state index in [9.17, 15) is 0 Å². The maximum atomic E-state index is 8.25. The van der Waals surface area contributed by atoms with Crippen LogP contribution < -0.4 is 9.97 Å². The smallest absolute Gasteiger partial charge is 0.0927 e. The quantitative estimate of drug-likeness (QED) is 0.216. The van der Waals surface area contributed by atoms with Crippen molar-refractivity contribution in [2.75, 3.05) is 0 Å². The Kier molecular flexibility index (Phi) is 6.51. The molecule has 8 bridgehead atoms. The fraction of sp³-hybridized carbons (Fsp3) is 0. The van der Waals surface area contributed by atoms with Gasteiger partial charge in [0.15, 0.2) is 0 Å². The second kappa shape index (κ2) is 10.5. The molecule has 11 heteroatoms. The summed E-state index contributed by atoms with van der Waals surface area (Å²) in [4.78, 5) is 39.3. The van der Waals surface area contributed by atoms with Crippen LogP contribution in [0.1, 0.15) is 0 Å². The van der Waals surface area contributed by atoms with Crippen LogP contribution >= 0.6 is 0 Å². The van der Waals surface area contributed by atoms with Gasteiger partial charge in [0.25, 0.3) is 0 Å². The van der Waals surface area contributed by atoms with Gasteiger partial charge in [-0.25, -0.2) is 9.97 Å².